The molecule has 1 aliphatic carbocycles. The number of anilines is 1. The van der Waals surface area contributed by atoms with Crippen molar-refractivity contribution in [2.75, 3.05) is 11.9 Å². The number of hydrogen-bond donors (Lipinski definition) is 2. The standard InChI is InChI=1S/C22H23ClN4O4S3/c23-18-3-1-2-4-19(18)32-11-15-8-20(33-12-15)21(28)17-9-25-13-26-22(17)27-16-6-5-14(7-16)10-31-34(24,29)30/h1-4,8-9,12-14,16H,5-7,10-11H2,(H2,24,29,30)(H,25,26,27)/t14-,16+/m1/s1. The summed E-state index contributed by atoms with van der Waals surface area (Å²) in [7, 11) is -3.95. The molecular formula is C22H23ClN4O4S3. The molecular weight excluding hydrogens is 516 g/mol. The molecule has 1 fully saturated rings. The first kappa shape index (κ1) is 25.1. The van der Waals surface area contributed by atoms with Crippen LogP contribution in [0.1, 0.15) is 40.1 Å². The van der Waals surface area contributed by atoms with Gasteiger partial charge in [-0.3, -0.25) is 8.98 Å². The maximum Gasteiger partial charge on any atom is 0.333 e. The number of aromatic nitrogens is 2. The van der Waals surface area contributed by atoms with Crippen LogP contribution in [0, 0.1) is 5.92 Å². The van der Waals surface area contributed by atoms with Crippen molar-refractivity contribution in [3.05, 3.63) is 69.3 Å². The van der Waals surface area contributed by atoms with E-state index in [0.717, 1.165) is 23.3 Å². The number of hydrogen-bond acceptors (Lipinski definition) is 9. The molecule has 0 bridgehead atoms. The molecule has 0 saturated heterocycles. The smallest absolute Gasteiger partial charge is 0.333 e. The molecule has 8 nitrogen and oxygen atoms in total. The highest BCUT2D eigenvalue weighted by Gasteiger charge is 2.28. The van der Waals surface area contributed by atoms with Crippen LogP contribution in [0.5, 0.6) is 0 Å². The summed E-state index contributed by atoms with van der Waals surface area (Å²) in [4.78, 5) is 23.2. The number of nitrogens with zero attached hydrogens (tertiary/aromatic N) is 2. The zero-order valence-electron chi connectivity index (χ0n) is 18.0. The molecule has 34 heavy (non-hydrogen) atoms. The third-order valence-corrected chi connectivity index (χ3v) is 8.44. The van der Waals surface area contributed by atoms with Gasteiger partial charge in [-0.2, -0.15) is 8.42 Å². The van der Waals surface area contributed by atoms with Crippen molar-refractivity contribution in [2.45, 2.75) is 36.0 Å². The summed E-state index contributed by atoms with van der Waals surface area (Å²) in [5.74, 6) is 1.09. The van der Waals surface area contributed by atoms with Crippen LogP contribution < -0.4 is 10.5 Å². The van der Waals surface area contributed by atoms with E-state index >= 15 is 0 Å². The predicted octanol–water partition coefficient (Wildman–Crippen LogP) is 4.52. The third kappa shape index (κ3) is 6.77. The van der Waals surface area contributed by atoms with Gasteiger partial charge in [0.15, 0.2) is 0 Å². The maximum atomic E-state index is 13.2. The van der Waals surface area contributed by atoms with E-state index in [1.165, 1.54) is 23.9 Å². The number of rotatable bonds is 10. The van der Waals surface area contributed by atoms with Crippen LogP contribution in [-0.4, -0.2) is 36.8 Å². The quantitative estimate of drug-likeness (QED) is 0.285. The van der Waals surface area contributed by atoms with Gasteiger partial charge in [0.2, 0.25) is 5.78 Å². The second-order valence-corrected chi connectivity index (χ2v) is 11.5. The van der Waals surface area contributed by atoms with Crippen LogP contribution in [0.15, 0.2) is 53.1 Å². The second kappa shape index (κ2) is 11.1. The van der Waals surface area contributed by atoms with Gasteiger partial charge in [-0.05, 0) is 54.3 Å². The number of benzene rings is 1. The normalized spacial score (nSPS) is 18.2. The van der Waals surface area contributed by atoms with Gasteiger partial charge < -0.3 is 5.32 Å². The lowest BCUT2D eigenvalue weighted by molar-refractivity contribution is 0.104. The number of nitrogens with two attached hydrogens (primary N) is 1. The number of ketones is 1. The summed E-state index contributed by atoms with van der Waals surface area (Å²) in [6.45, 7) is 0.0523. The molecule has 0 unspecified atom stereocenters. The molecule has 3 aromatic rings. The molecule has 12 heteroatoms. The Bertz CT molecular complexity index is 1270. The largest absolute Gasteiger partial charge is 0.367 e. The van der Waals surface area contributed by atoms with Crippen molar-refractivity contribution in [1.29, 1.82) is 0 Å². The Morgan fingerprint density at radius 1 is 1.32 bits per heavy atom. The first-order valence-corrected chi connectivity index (χ1v) is 14.2. The topological polar surface area (TPSA) is 124 Å². The minimum absolute atomic E-state index is 0.0430. The van der Waals surface area contributed by atoms with Gasteiger partial charge in [0.1, 0.15) is 12.1 Å². The Morgan fingerprint density at radius 2 is 2.15 bits per heavy atom. The molecule has 3 N–H and O–H groups in total. The first-order chi connectivity index (χ1) is 16.3. The van der Waals surface area contributed by atoms with Crippen LogP contribution in [0.2, 0.25) is 5.02 Å². The molecule has 1 saturated carbocycles. The summed E-state index contributed by atoms with van der Waals surface area (Å²) >= 11 is 9.24. The minimum Gasteiger partial charge on any atom is -0.367 e. The Kier molecular flexibility index (Phi) is 8.22. The average Bonchev–Trinajstić information content (AvgIpc) is 3.46. The lowest BCUT2D eigenvalue weighted by Gasteiger charge is -2.15. The Labute approximate surface area is 211 Å². The Hall–Kier alpha value is -2.02. The van der Waals surface area contributed by atoms with E-state index in [1.54, 1.807) is 11.8 Å². The van der Waals surface area contributed by atoms with E-state index in [0.29, 0.717) is 33.5 Å². The summed E-state index contributed by atoms with van der Waals surface area (Å²) in [6.07, 6.45) is 5.20. The van der Waals surface area contributed by atoms with Gasteiger partial charge in [-0.1, -0.05) is 23.7 Å². The van der Waals surface area contributed by atoms with Crippen molar-refractivity contribution in [1.82, 2.24) is 9.97 Å². The first-order valence-electron chi connectivity index (χ1n) is 10.5. The molecule has 0 amide bonds. The molecule has 2 atom stereocenters. The Balaban J connectivity index is 1.39. The van der Waals surface area contributed by atoms with Crippen molar-refractivity contribution in [3.63, 3.8) is 0 Å². The van der Waals surface area contributed by atoms with Crippen LogP contribution in [0.25, 0.3) is 0 Å². The molecule has 0 spiro atoms. The van der Waals surface area contributed by atoms with Crippen molar-refractivity contribution in [2.24, 2.45) is 11.1 Å². The van der Waals surface area contributed by atoms with Crippen LogP contribution in [0.3, 0.4) is 0 Å². The molecule has 180 valence electrons. The van der Waals surface area contributed by atoms with E-state index in [-0.39, 0.29) is 24.3 Å². The summed E-state index contributed by atoms with van der Waals surface area (Å²) in [5, 5.41) is 10.9. The fourth-order valence-corrected chi connectivity index (χ4v) is 6.30. The van der Waals surface area contributed by atoms with Crippen molar-refractivity contribution in [3.8, 4) is 0 Å². The lowest BCUT2D eigenvalue weighted by Crippen LogP contribution is -2.22. The number of thioether (sulfide) groups is 1. The zero-order chi connectivity index (χ0) is 24.1. The molecule has 2 aromatic heterocycles. The SMILES string of the molecule is NS(=O)(=O)OC[C@@H]1CC[C@H](Nc2ncncc2C(=O)c2cc(CSc3ccccc3Cl)cs2)C1. The maximum absolute atomic E-state index is 13.2. The predicted molar refractivity (Wildman–Crippen MR) is 135 cm³/mol. The zero-order valence-corrected chi connectivity index (χ0v) is 21.2. The molecule has 1 aromatic carbocycles. The van der Waals surface area contributed by atoms with Crippen LogP contribution in [0.4, 0.5) is 5.82 Å². The van der Waals surface area contributed by atoms with Gasteiger partial charge >= 0.3 is 10.3 Å². The number of carbonyl (C=O) groups is 1. The lowest BCUT2D eigenvalue weighted by atomic mass is 10.1. The second-order valence-electron chi connectivity index (χ2n) is 7.95. The molecule has 0 radical (unpaired) electrons. The van der Waals surface area contributed by atoms with Crippen molar-refractivity contribution >= 4 is 56.6 Å². The fraction of sp³-hybridized carbons (Fsp3) is 0.318. The van der Waals surface area contributed by atoms with Gasteiger partial charge in [-0.15, -0.1) is 23.1 Å². The van der Waals surface area contributed by atoms with Gasteiger partial charge in [0, 0.05) is 22.9 Å². The minimum atomic E-state index is -3.95. The summed E-state index contributed by atoms with van der Waals surface area (Å²) < 4.78 is 26.8. The highest BCUT2D eigenvalue weighted by molar-refractivity contribution is 7.98. The molecule has 1 aliphatic rings. The highest BCUT2D eigenvalue weighted by atomic mass is 35.5. The summed E-state index contributed by atoms with van der Waals surface area (Å²) in [6, 6.07) is 9.60. The van der Waals surface area contributed by atoms with Crippen LogP contribution >= 0.6 is 34.7 Å². The van der Waals surface area contributed by atoms with E-state index in [1.807, 2.05) is 35.7 Å². The van der Waals surface area contributed by atoms with Crippen LogP contribution in [-0.2, 0) is 20.2 Å². The number of carbonyl (C=O) groups excluding carboxylic acids is 1. The number of halogens is 1. The number of thiophene rings is 1. The van der Waals surface area contributed by atoms with E-state index in [2.05, 4.69) is 15.3 Å². The molecule has 2 heterocycles. The molecule has 0 aliphatic heterocycles. The van der Waals surface area contributed by atoms with Gasteiger partial charge in [0.05, 0.1) is 22.1 Å². The highest BCUT2D eigenvalue weighted by Crippen LogP contribution is 2.32. The Morgan fingerprint density at radius 3 is 2.94 bits per heavy atom. The fourth-order valence-electron chi connectivity index (χ4n) is 3.78. The van der Waals surface area contributed by atoms with E-state index in [9.17, 15) is 13.2 Å². The monoisotopic (exact) mass is 538 g/mol. The van der Waals surface area contributed by atoms with E-state index in [4.69, 9.17) is 20.9 Å². The van der Waals surface area contributed by atoms with Gasteiger partial charge in [-0.25, -0.2) is 15.1 Å². The third-order valence-electron chi connectivity index (χ3n) is 5.42. The van der Waals surface area contributed by atoms with Gasteiger partial charge in [0.25, 0.3) is 0 Å². The molecule has 4 rings (SSSR count). The summed E-state index contributed by atoms with van der Waals surface area (Å²) in [5.41, 5.74) is 1.44. The van der Waals surface area contributed by atoms with Crippen molar-refractivity contribution < 1.29 is 17.4 Å². The number of nitrogens with one attached hydrogen (secondary N) is 1. The van der Waals surface area contributed by atoms with E-state index < -0.39 is 10.3 Å². The average molecular weight is 539 g/mol.